The first-order chi connectivity index (χ1) is 17.9. The molecule has 0 aliphatic heterocycles. The van der Waals surface area contributed by atoms with Gasteiger partial charge in [-0.15, -0.1) is 0 Å². The molecule has 0 radical (unpaired) electrons. The molecule has 0 amide bonds. The van der Waals surface area contributed by atoms with Gasteiger partial charge in [-0.25, -0.2) is 14.8 Å². The zero-order valence-electron chi connectivity index (χ0n) is 21.4. The monoisotopic (exact) mass is 512 g/mol. The third-order valence-corrected chi connectivity index (χ3v) is 6.27. The summed E-state index contributed by atoms with van der Waals surface area (Å²) in [6, 6.07) is 10.7. The average molecular weight is 513 g/mol. The number of hydrogen-bond acceptors (Lipinski definition) is 4. The fourth-order valence-electron chi connectivity index (χ4n) is 4.11. The van der Waals surface area contributed by atoms with E-state index in [9.17, 15) is 18.0 Å². The lowest BCUT2D eigenvalue weighted by molar-refractivity contribution is -0.137. The van der Waals surface area contributed by atoms with E-state index in [0.29, 0.717) is 5.82 Å². The Labute approximate surface area is 217 Å². The van der Waals surface area contributed by atoms with Crippen LogP contribution in [0.4, 0.5) is 13.2 Å². The highest BCUT2D eigenvalue weighted by atomic mass is 19.4. The minimum Gasteiger partial charge on any atom is -0.423 e. The van der Waals surface area contributed by atoms with Gasteiger partial charge in [0.05, 0.1) is 11.1 Å². The van der Waals surface area contributed by atoms with Crippen molar-refractivity contribution in [3.8, 4) is 17.1 Å². The van der Waals surface area contributed by atoms with Crippen LogP contribution >= 0.6 is 0 Å². The smallest absolute Gasteiger partial charge is 0.416 e. The Kier molecular flexibility index (Phi) is 11.1. The van der Waals surface area contributed by atoms with E-state index in [-0.39, 0.29) is 11.3 Å². The molecule has 0 unspecified atom stereocenters. The highest BCUT2D eigenvalue weighted by molar-refractivity contribution is 5.91. The molecule has 0 bridgehead atoms. The molecule has 0 spiro atoms. The second-order valence-corrected chi connectivity index (χ2v) is 9.34. The number of esters is 1. The van der Waals surface area contributed by atoms with Gasteiger partial charge in [-0.1, -0.05) is 70.8 Å². The van der Waals surface area contributed by atoms with E-state index in [1.165, 1.54) is 69.9 Å². The molecular weight excluding hydrogens is 477 g/mol. The summed E-state index contributed by atoms with van der Waals surface area (Å²) in [5.74, 6) is -0.0715. The number of ether oxygens (including phenoxy) is 1. The molecule has 0 atom stereocenters. The summed E-state index contributed by atoms with van der Waals surface area (Å²) in [5, 5.41) is 0. The number of aromatic nitrogens is 2. The maximum Gasteiger partial charge on any atom is 0.416 e. The van der Waals surface area contributed by atoms with Gasteiger partial charge in [0.1, 0.15) is 5.75 Å². The lowest BCUT2D eigenvalue weighted by atomic mass is 10.0. The van der Waals surface area contributed by atoms with Crippen LogP contribution in [-0.2, 0) is 12.6 Å². The van der Waals surface area contributed by atoms with Gasteiger partial charge in [0.15, 0.2) is 5.82 Å². The van der Waals surface area contributed by atoms with Crippen LogP contribution in [0.5, 0.6) is 5.75 Å². The molecule has 0 fully saturated rings. The number of carbonyl (C=O) groups excluding carboxylic acids is 1. The van der Waals surface area contributed by atoms with E-state index in [1.54, 1.807) is 24.3 Å². The third kappa shape index (κ3) is 9.63. The number of carbonyl (C=O) groups is 1. The molecule has 0 saturated carbocycles. The lowest BCUT2D eigenvalue weighted by Crippen LogP contribution is -2.11. The van der Waals surface area contributed by atoms with Gasteiger partial charge in [-0.3, -0.25) is 0 Å². The van der Waals surface area contributed by atoms with E-state index in [4.69, 9.17) is 4.74 Å². The molecule has 37 heavy (non-hydrogen) atoms. The zero-order chi connectivity index (χ0) is 26.5. The SMILES string of the molecule is CCCCCCCCCCCCc1cnc(-c2ccc(OC(=O)c3cccc(C(F)(F)F)c3)cc2)nc1. The normalized spacial score (nSPS) is 11.5. The molecule has 7 heteroatoms. The van der Waals surface area contributed by atoms with Crippen molar-refractivity contribution in [3.05, 3.63) is 77.6 Å². The molecule has 1 aromatic heterocycles. The highest BCUT2D eigenvalue weighted by Crippen LogP contribution is 2.30. The summed E-state index contributed by atoms with van der Waals surface area (Å²) in [6.45, 7) is 2.24. The Balaban J connectivity index is 1.42. The van der Waals surface area contributed by atoms with E-state index >= 15 is 0 Å². The van der Waals surface area contributed by atoms with Gasteiger partial charge in [-0.05, 0) is 60.9 Å². The maximum atomic E-state index is 12.9. The summed E-state index contributed by atoms with van der Waals surface area (Å²) >= 11 is 0. The van der Waals surface area contributed by atoms with Crippen LogP contribution in [0.3, 0.4) is 0 Å². The predicted octanol–water partition coefficient (Wildman–Crippen LogP) is 8.85. The Morgan fingerprint density at radius 2 is 1.41 bits per heavy atom. The summed E-state index contributed by atoms with van der Waals surface area (Å²) in [6.07, 6.45) is 13.1. The van der Waals surface area contributed by atoms with E-state index < -0.39 is 17.7 Å². The molecule has 4 nitrogen and oxygen atoms in total. The second-order valence-electron chi connectivity index (χ2n) is 9.34. The summed E-state index contributed by atoms with van der Waals surface area (Å²) < 4.78 is 43.9. The van der Waals surface area contributed by atoms with Gasteiger partial charge in [0.25, 0.3) is 0 Å². The fraction of sp³-hybridized carbons (Fsp3) is 0.433. The van der Waals surface area contributed by atoms with Crippen molar-refractivity contribution in [2.24, 2.45) is 0 Å². The van der Waals surface area contributed by atoms with Gasteiger partial charge in [0, 0.05) is 18.0 Å². The molecular formula is C30H35F3N2O2. The topological polar surface area (TPSA) is 52.1 Å². The van der Waals surface area contributed by atoms with Gasteiger partial charge < -0.3 is 4.74 Å². The van der Waals surface area contributed by atoms with Crippen LogP contribution < -0.4 is 4.74 Å². The first kappa shape index (κ1) is 28.4. The number of benzene rings is 2. The third-order valence-electron chi connectivity index (χ3n) is 6.27. The molecule has 0 saturated heterocycles. The first-order valence-electron chi connectivity index (χ1n) is 13.2. The Morgan fingerprint density at radius 3 is 2.00 bits per heavy atom. The van der Waals surface area contributed by atoms with Gasteiger partial charge in [0.2, 0.25) is 0 Å². The van der Waals surface area contributed by atoms with Gasteiger partial charge in [-0.2, -0.15) is 13.2 Å². The minimum absolute atomic E-state index is 0.166. The Bertz CT molecular complexity index is 1100. The number of aryl methyl sites for hydroxylation is 1. The number of unbranched alkanes of at least 4 members (excludes halogenated alkanes) is 9. The highest BCUT2D eigenvalue weighted by Gasteiger charge is 2.31. The van der Waals surface area contributed by atoms with Crippen LogP contribution in [0, 0.1) is 0 Å². The van der Waals surface area contributed by atoms with Crippen molar-refractivity contribution < 1.29 is 22.7 Å². The number of rotatable bonds is 14. The van der Waals surface area contributed by atoms with Crippen molar-refractivity contribution in [3.63, 3.8) is 0 Å². The molecule has 2 aromatic carbocycles. The molecule has 198 valence electrons. The van der Waals surface area contributed by atoms with Crippen LogP contribution in [0.2, 0.25) is 0 Å². The van der Waals surface area contributed by atoms with E-state index in [2.05, 4.69) is 16.9 Å². The minimum atomic E-state index is -4.53. The molecule has 0 aliphatic rings. The number of hydrogen-bond donors (Lipinski definition) is 0. The summed E-state index contributed by atoms with van der Waals surface area (Å²) in [4.78, 5) is 21.2. The van der Waals surface area contributed by atoms with Crippen LogP contribution in [0.25, 0.3) is 11.4 Å². The summed E-state index contributed by atoms with van der Waals surface area (Å²) in [5.41, 5.74) is 0.797. The number of nitrogens with zero attached hydrogens (tertiary/aromatic N) is 2. The van der Waals surface area contributed by atoms with E-state index in [0.717, 1.165) is 36.1 Å². The van der Waals surface area contributed by atoms with Crippen LogP contribution in [0.1, 0.15) is 92.6 Å². The second kappa shape index (κ2) is 14.5. The standard InChI is InChI=1S/C30H35F3N2O2/c1-2-3-4-5-6-7-8-9-10-11-13-23-21-34-28(35-22-23)24-16-18-27(19-17-24)37-29(36)25-14-12-15-26(20-25)30(31,32)33/h12,14-22H,2-11,13H2,1H3. The predicted molar refractivity (Wildman–Crippen MR) is 139 cm³/mol. The summed E-state index contributed by atoms with van der Waals surface area (Å²) in [7, 11) is 0. The van der Waals surface area contributed by atoms with Crippen LogP contribution in [0.15, 0.2) is 60.9 Å². The molecule has 1 heterocycles. The maximum absolute atomic E-state index is 12.9. The Hall–Kier alpha value is -3.22. The van der Waals surface area contributed by atoms with Gasteiger partial charge >= 0.3 is 12.1 Å². The van der Waals surface area contributed by atoms with Crippen LogP contribution in [-0.4, -0.2) is 15.9 Å². The number of halogens is 3. The van der Waals surface area contributed by atoms with Crippen molar-refractivity contribution in [1.29, 1.82) is 0 Å². The van der Waals surface area contributed by atoms with Crippen molar-refractivity contribution >= 4 is 5.97 Å². The molecule has 0 N–H and O–H groups in total. The van der Waals surface area contributed by atoms with E-state index in [1.807, 2.05) is 12.4 Å². The fourth-order valence-corrected chi connectivity index (χ4v) is 4.11. The Morgan fingerprint density at radius 1 is 0.811 bits per heavy atom. The van der Waals surface area contributed by atoms with Crippen molar-refractivity contribution in [2.45, 2.75) is 83.7 Å². The largest absolute Gasteiger partial charge is 0.423 e. The average Bonchev–Trinajstić information content (AvgIpc) is 2.90. The number of alkyl halides is 3. The zero-order valence-corrected chi connectivity index (χ0v) is 21.4. The van der Waals surface area contributed by atoms with Crippen molar-refractivity contribution in [2.75, 3.05) is 0 Å². The van der Waals surface area contributed by atoms with Crippen molar-refractivity contribution in [1.82, 2.24) is 9.97 Å². The lowest BCUT2D eigenvalue weighted by Gasteiger charge is -2.09. The molecule has 3 rings (SSSR count). The first-order valence-corrected chi connectivity index (χ1v) is 13.2. The molecule has 0 aliphatic carbocycles. The quantitative estimate of drug-likeness (QED) is 0.123. The molecule has 3 aromatic rings.